The Morgan fingerprint density at radius 1 is 1.32 bits per heavy atom. The van der Waals surface area contributed by atoms with Crippen LogP contribution in [-0.2, 0) is 10.3 Å². The van der Waals surface area contributed by atoms with Gasteiger partial charge in [-0.25, -0.2) is 6.57 Å². The number of halogens is 1. The monoisotopic (exact) mass is 360 g/mol. The number of rotatable bonds is 2. The number of carbonyl (C=O) groups is 1. The summed E-state index contributed by atoms with van der Waals surface area (Å²) in [6.45, 7) is 13.0. The first-order valence-electron chi connectivity index (χ1n) is 9.05. The molecule has 1 saturated heterocycles. The maximum Gasteiger partial charge on any atom is 0.275 e. The summed E-state index contributed by atoms with van der Waals surface area (Å²) in [6, 6.07) is 4.13. The van der Waals surface area contributed by atoms with Gasteiger partial charge in [0.25, 0.3) is 5.54 Å². The Labute approximate surface area is 154 Å². The smallest absolute Gasteiger partial charge is 0.275 e. The first kappa shape index (κ1) is 18.2. The number of hydrogen-bond acceptors (Lipinski definition) is 3. The van der Waals surface area contributed by atoms with Crippen LogP contribution in [0.5, 0.6) is 0 Å². The van der Waals surface area contributed by atoms with Crippen LogP contribution in [0.1, 0.15) is 44.7 Å². The van der Waals surface area contributed by atoms with Crippen molar-refractivity contribution in [2.24, 2.45) is 0 Å². The number of hydrogen-bond donors (Lipinski definition) is 0. The molecule has 1 amide bonds. The van der Waals surface area contributed by atoms with Crippen molar-refractivity contribution >= 4 is 17.5 Å². The Balaban J connectivity index is 1.66. The highest BCUT2D eigenvalue weighted by Crippen LogP contribution is 2.43. The minimum atomic E-state index is -0.577. The van der Waals surface area contributed by atoms with Crippen LogP contribution in [0.4, 0.5) is 0 Å². The molecule has 134 valence electrons. The molecule has 1 aromatic rings. The molecule has 2 heterocycles. The van der Waals surface area contributed by atoms with E-state index in [9.17, 15) is 4.79 Å². The van der Waals surface area contributed by atoms with Crippen molar-refractivity contribution in [3.63, 3.8) is 0 Å². The van der Waals surface area contributed by atoms with Gasteiger partial charge in [-0.1, -0.05) is 11.6 Å². The van der Waals surface area contributed by atoms with Gasteiger partial charge in [0, 0.05) is 58.2 Å². The molecule has 0 unspecified atom stereocenters. The number of nitrogens with zero attached hydrogens (tertiary/aromatic N) is 4. The lowest BCUT2D eigenvalue weighted by Crippen LogP contribution is -2.43. The fourth-order valence-corrected chi connectivity index (χ4v) is 4.49. The summed E-state index contributed by atoms with van der Waals surface area (Å²) in [4.78, 5) is 24.5. The lowest BCUT2D eigenvalue weighted by Gasteiger charge is -2.37. The molecule has 1 aromatic heterocycles. The molecule has 0 N–H and O–H groups in total. The lowest BCUT2D eigenvalue weighted by molar-refractivity contribution is -0.128. The lowest BCUT2D eigenvalue weighted by atomic mass is 9.77. The minimum absolute atomic E-state index is 0.169. The van der Waals surface area contributed by atoms with Crippen molar-refractivity contribution in [3.05, 3.63) is 40.5 Å². The van der Waals surface area contributed by atoms with Gasteiger partial charge in [-0.15, -0.1) is 0 Å². The number of pyridine rings is 1. The molecule has 0 aromatic carbocycles. The van der Waals surface area contributed by atoms with Gasteiger partial charge in [-0.3, -0.25) is 14.7 Å². The largest absolute Gasteiger partial charge is 0.342 e. The normalized spacial score (nSPS) is 28.2. The van der Waals surface area contributed by atoms with Gasteiger partial charge in [0.05, 0.1) is 5.02 Å². The Kier molecular flexibility index (Phi) is 5.61. The summed E-state index contributed by atoms with van der Waals surface area (Å²) in [7, 11) is 0. The minimum Gasteiger partial charge on any atom is -0.342 e. The predicted molar refractivity (Wildman–Crippen MR) is 98.2 cm³/mol. The third kappa shape index (κ3) is 3.80. The molecular formula is C19H25ClN4O. The molecule has 6 heteroatoms. The molecular weight excluding hydrogens is 336 g/mol. The van der Waals surface area contributed by atoms with E-state index in [0.717, 1.165) is 64.0 Å². The van der Waals surface area contributed by atoms with Gasteiger partial charge < -0.3 is 9.74 Å². The van der Waals surface area contributed by atoms with Crippen LogP contribution >= 0.6 is 11.6 Å². The second-order valence-corrected chi connectivity index (χ2v) is 7.51. The Bertz CT molecular complexity index is 664. The molecule has 25 heavy (non-hydrogen) atoms. The number of aromatic nitrogens is 1. The van der Waals surface area contributed by atoms with Gasteiger partial charge >= 0.3 is 0 Å². The molecule has 1 aliphatic carbocycles. The number of amides is 1. The third-order valence-corrected chi connectivity index (χ3v) is 5.99. The van der Waals surface area contributed by atoms with E-state index in [1.807, 2.05) is 17.0 Å². The quantitative estimate of drug-likeness (QED) is 0.759. The second-order valence-electron chi connectivity index (χ2n) is 7.10. The van der Waals surface area contributed by atoms with E-state index >= 15 is 0 Å². The number of carbonyl (C=O) groups excluding carboxylic acids is 1. The summed E-state index contributed by atoms with van der Waals surface area (Å²) < 4.78 is 0. The standard InChI is InChI=1S/C19H25ClN4O/c1-15(25)23-11-4-12-24(14-13-23)16-6-8-19(21-2,9-7-16)18-17(20)5-3-10-22-18/h3,5,10,16H,4,6-9,11-14H2,1H3. The fourth-order valence-electron chi connectivity index (χ4n) is 4.19. The first-order chi connectivity index (χ1) is 12.1. The molecule has 2 fully saturated rings. The van der Waals surface area contributed by atoms with E-state index in [0.29, 0.717) is 11.1 Å². The Morgan fingerprint density at radius 3 is 2.72 bits per heavy atom. The van der Waals surface area contributed by atoms with Crippen molar-refractivity contribution in [2.75, 3.05) is 26.2 Å². The van der Waals surface area contributed by atoms with E-state index in [2.05, 4.69) is 14.7 Å². The van der Waals surface area contributed by atoms with Crippen LogP contribution < -0.4 is 0 Å². The van der Waals surface area contributed by atoms with E-state index in [1.54, 1.807) is 13.1 Å². The zero-order chi connectivity index (χ0) is 17.9. The molecule has 0 bridgehead atoms. The van der Waals surface area contributed by atoms with Gasteiger partial charge in [0.15, 0.2) is 0 Å². The average molecular weight is 361 g/mol. The van der Waals surface area contributed by atoms with Crippen molar-refractivity contribution in [3.8, 4) is 0 Å². The molecule has 3 rings (SSSR count). The highest BCUT2D eigenvalue weighted by atomic mass is 35.5. The van der Waals surface area contributed by atoms with Gasteiger partial charge in [0.2, 0.25) is 5.91 Å². The maximum atomic E-state index is 11.6. The van der Waals surface area contributed by atoms with Crippen LogP contribution in [0.25, 0.3) is 4.85 Å². The van der Waals surface area contributed by atoms with Crippen LogP contribution in [0, 0.1) is 6.57 Å². The Hall–Kier alpha value is -1.64. The molecule has 0 spiro atoms. The molecule has 1 saturated carbocycles. The summed E-state index contributed by atoms with van der Waals surface area (Å²) >= 11 is 6.32. The average Bonchev–Trinajstić information content (AvgIpc) is 2.88. The van der Waals surface area contributed by atoms with E-state index in [-0.39, 0.29) is 5.91 Å². The van der Waals surface area contributed by atoms with Crippen molar-refractivity contribution in [1.82, 2.24) is 14.8 Å². The van der Waals surface area contributed by atoms with Crippen molar-refractivity contribution < 1.29 is 4.79 Å². The molecule has 0 radical (unpaired) electrons. The predicted octanol–water partition coefficient (Wildman–Crippen LogP) is 3.35. The van der Waals surface area contributed by atoms with Crippen LogP contribution in [0.3, 0.4) is 0 Å². The zero-order valence-corrected chi connectivity index (χ0v) is 15.5. The van der Waals surface area contributed by atoms with Gasteiger partial charge in [-0.2, -0.15) is 0 Å². The molecule has 0 atom stereocenters. The van der Waals surface area contributed by atoms with E-state index < -0.39 is 5.54 Å². The van der Waals surface area contributed by atoms with E-state index in [1.165, 1.54) is 0 Å². The Morgan fingerprint density at radius 2 is 2.08 bits per heavy atom. The SMILES string of the molecule is [C-]#[N+]C1(c2ncccc2Cl)CCC(N2CCCN(C(C)=O)CC2)CC1. The van der Waals surface area contributed by atoms with Crippen LogP contribution in [0.15, 0.2) is 18.3 Å². The highest BCUT2D eigenvalue weighted by Gasteiger charge is 2.46. The third-order valence-electron chi connectivity index (χ3n) is 5.69. The van der Waals surface area contributed by atoms with Crippen molar-refractivity contribution in [2.45, 2.75) is 50.6 Å². The van der Waals surface area contributed by atoms with Crippen molar-refractivity contribution in [1.29, 1.82) is 0 Å². The maximum absolute atomic E-state index is 11.6. The van der Waals surface area contributed by atoms with E-state index in [4.69, 9.17) is 18.2 Å². The summed E-state index contributed by atoms with van der Waals surface area (Å²) in [5.41, 5.74) is 0.162. The summed E-state index contributed by atoms with van der Waals surface area (Å²) in [5.74, 6) is 0.169. The van der Waals surface area contributed by atoms with Crippen LogP contribution in [-0.4, -0.2) is 52.9 Å². The van der Waals surface area contributed by atoms with Gasteiger partial charge in [0.1, 0.15) is 5.69 Å². The highest BCUT2D eigenvalue weighted by molar-refractivity contribution is 6.31. The zero-order valence-electron chi connectivity index (χ0n) is 14.7. The molecule has 1 aliphatic heterocycles. The second kappa shape index (κ2) is 7.72. The summed E-state index contributed by atoms with van der Waals surface area (Å²) in [6.07, 6.45) is 6.31. The van der Waals surface area contributed by atoms with Gasteiger partial charge in [-0.05, 0) is 31.4 Å². The molecule has 5 nitrogen and oxygen atoms in total. The molecule has 2 aliphatic rings. The summed E-state index contributed by atoms with van der Waals surface area (Å²) in [5, 5.41) is 0.601. The fraction of sp³-hybridized carbons (Fsp3) is 0.632. The first-order valence-corrected chi connectivity index (χ1v) is 9.43. The topological polar surface area (TPSA) is 40.8 Å². The van der Waals surface area contributed by atoms with Crippen LogP contribution in [0.2, 0.25) is 5.02 Å².